The van der Waals surface area contributed by atoms with E-state index in [4.69, 9.17) is 0 Å². The van der Waals surface area contributed by atoms with Crippen molar-refractivity contribution in [2.75, 3.05) is 0 Å². The van der Waals surface area contributed by atoms with Crippen molar-refractivity contribution in [1.82, 2.24) is 9.55 Å². The van der Waals surface area contributed by atoms with Crippen molar-refractivity contribution in [1.29, 1.82) is 0 Å². The molecule has 0 aliphatic heterocycles. The molecule has 0 unspecified atom stereocenters. The molecule has 4 aromatic rings. The van der Waals surface area contributed by atoms with E-state index >= 15 is 0 Å². The van der Waals surface area contributed by atoms with E-state index in [1.165, 1.54) is 0 Å². The molecular weight excluding hydrogens is 308 g/mol. The first-order valence-electron chi connectivity index (χ1n) is 8.33. The van der Waals surface area contributed by atoms with Gasteiger partial charge in [-0.25, -0.2) is 0 Å². The van der Waals surface area contributed by atoms with Crippen LogP contribution in [0.1, 0.15) is 11.3 Å². The topological polar surface area (TPSA) is 34.9 Å². The van der Waals surface area contributed by atoms with Crippen LogP contribution in [0.25, 0.3) is 22.0 Å². The molecule has 4 rings (SSSR count). The predicted octanol–water partition coefficient (Wildman–Crippen LogP) is 4.42. The molecule has 2 aromatic carbocycles. The zero-order valence-electron chi connectivity index (χ0n) is 14.0. The van der Waals surface area contributed by atoms with Crippen LogP contribution in [0.15, 0.2) is 83.8 Å². The van der Waals surface area contributed by atoms with Gasteiger partial charge in [0.2, 0.25) is 0 Å². The highest BCUT2D eigenvalue weighted by Gasteiger charge is 2.15. The SMILES string of the molecule is Cc1c(-c2ccccc2)n(Cc2ccccn2)c(=O)c2ccccc12. The monoisotopic (exact) mass is 326 g/mol. The molecule has 0 atom stereocenters. The van der Waals surface area contributed by atoms with Crippen LogP contribution in [-0.4, -0.2) is 9.55 Å². The highest BCUT2D eigenvalue weighted by Crippen LogP contribution is 2.28. The maximum absolute atomic E-state index is 13.2. The molecule has 0 radical (unpaired) electrons. The Hall–Kier alpha value is -3.20. The molecule has 0 fully saturated rings. The predicted molar refractivity (Wildman–Crippen MR) is 102 cm³/mol. The lowest BCUT2D eigenvalue weighted by Crippen LogP contribution is -2.24. The van der Waals surface area contributed by atoms with Crippen LogP contribution < -0.4 is 5.56 Å². The Balaban J connectivity index is 2.05. The molecule has 0 saturated heterocycles. The highest BCUT2D eigenvalue weighted by molar-refractivity contribution is 5.89. The number of aromatic nitrogens is 2. The van der Waals surface area contributed by atoms with Gasteiger partial charge < -0.3 is 4.57 Å². The fourth-order valence-corrected chi connectivity index (χ4v) is 3.35. The van der Waals surface area contributed by atoms with Gasteiger partial charge in [-0.3, -0.25) is 9.78 Å². The van der Waals surface area contributed by atoms with E-state index in [0.717, 1.165) is 33.3 Å². The Labute approximate surface area is 146 Å². The molecule has 25 heavy (non-hydrogen) atoms. The third-order valence-corrected chi connectivity index (χ3v) is 4.53. The summed E-state index contributed by atoms with van der Waals surface area (Å²) in [6.07, 6.45) is 1.76. The number of aryl methyl sites for hydroxylation is 1. The standard InChI is InChI=1S/C22H18N2O/c1-16-19-12-5-6-13-20(19)22(25)24(15-18-11-7-8-14-23-18)21(16)17-9-3-2-4-10-17/h2-14H,15H2,1H3. The maximum Gasteiger partial charge on any atom is 0.259 e. The molecule has 0 aliphatic rings. The lowest BCUT2D eigenvalue weighted by Gasteiger charge is -2.18. The van der Waals surface area contributed by atoms with Crippen LogP contribution in [0.4, 0.5) is 0 Å². The highest BCUT2D eigenvalue weighted by atomic mass is 16.1. The zero-order chi connectivity index (χ0) is 17.2. The van der Waals surface area contributed by atoms with Crippen molar-refractivity contribution in [3.63, 3.8) is 0 Å². The van der Waals surface area contributed by atoms with E-state index < -0.39 is 0 Å². The van der Waals surface area contributed by atoms with Gasteiger partial charge in [-0.15, -0.1) is 0 Å². The number of hydrogen-bond acceptors (Lipinski definition) is 2. The van der Waals surface area contributed by atoms with Crippen molar-refractivity contribution in [2.45, 2.75) is 13.5 Å². The molecule has 0 amide bonds. The number of nitrogens with zero attached hydrogens (tertiary/aromatic N) is 2. The number of benzene rings is 2. The van der Waals surface area contributed by atoms with Crippen LogP contribution in [0.2, 0.25) is 0 Å². The molecule has 2 aromatic heterocycles. The van der Waals surface area contributed by atoms with Crippen molar-refractivity contribution in [3.05, 3.63) is 101 Å². The largest absolute Gasteiger partial charge is 0.301 e. The van der Waals surface area contributed by atoms with Crippen LogP contribution in [-0.2, 0) is 6.54 Å². The van der Waals surface area contributed by atoms with E-state index in [1.54, 1.807) is 6.20 Å². The second-order valence-corrected chi connectivity index (χ2v) is 6.10. The summed E-state index contributed by atoms with van der Waals surface area (Å²) >= 11 is 0. The molecule has 3 heteroatoms. The first-order valence-corrected chi connectivity index (χ1v) is 8.33. The first kappa shape index (κ1) is 15.3. The summed E-state index contributed by atoms with van der Waals surface area (Å²) < 4.78 is 1.84. The number of hydrogen-bond donors (Lipinski definition) is 0. The summed E-state index contributed by atoms with van der Waals surface area (Å²) in [7, 11) is 0. The Kier molecular flexibility index (Phi) is 3.90. The van der Waals surface area contributed by atoms with Gasteiger partial charge in [-0.1, -0.05) is 54.6 Å². The molecule has 0 aliphatic carbocycles. The van der Waals surface area contributed by atoms with Gasteiger partial charge in [-0.05, 0) is 41.6 Å². The van der Waals surface area contributed by atoms with Crippen LogP contribution in [0, 0.1) is 6.92 Å². The third-order valence-electron chi connectivity index (χ3n) is 4.53. The van der Waals surface area contributed by atoms with Gasteiger partial charge in [0.05, 0.1) is 17.9 Å². The van der Waals surface area contributed by atoms with E-state index in [-0.39, 0.29) is 5.56 Å². The molecular formula is C22H18N2O. The quantitative estimate of drug-likeness (QED) is 0.558. The smallest absolute Gasteiger partial charge is 0.259 e. The van der Waals surface area contributed by atoms with Gasteiger partial charge in [0.1, 0.15) is 0 Å². The summed E-state index contributed by atoms with van der Waals surface area (Å²) in [6, 6.07) is 23.7. The van der Waals surface area contributed by atoms with E-state index in [9.17, 15) is 4.79 Å². The first-order chi connectivity index (χ1) is 12.3. The number of fused-ring (bicyclic) bond motifs is 1. The Morgan fingerprint density at radius 3 is 2.24 bits per heavy atom. The summed E-state index contributed by atoms with van der Waals surface area (Å²) in [5.74, 6) is 0. The fraction of sp³-hybridized carbons (Fsp3) is 0.0909. The zero-order valence-corrected chi connectivity index (χ0v) is 14.0. The van der Waals surface area contributed by atoms with Gasteiger partial charge >= 0.3 is 0 Å². The summed E-state index contributed by atoms with van der Waals surface area (Å²) in [5.41, 5.74) is 3.99. The van der Waals surface area contributed by atoms with Crippen molar-refractivity contribution in [3.8, 4) is 11.3 Å². The minimum atomic E-state index is 0.0192. The summed E-state index contributed by atoms with van der Waals surface area (Å²) in [4.78, 5) is 17.6. The summed E-state index contributed by atoms with van der Waals surface area (Å²) in [6.45, 7) is 2.54. The Morgan fingerprint density at radius 2 is 1.52 bits per heavy atom. The average Bonchev–Trinajstić information content (AvgIpc) is 2.68. The normalized spacial score (nSPS) is 10.9. The Bertz CT molecular complexity index is 1080. The number of rotatable bonds is 3. The van der Waals surface area contributed by atoms with Gasteiger partial charge in [-0.2, -0.15) is 0 Å². The van der Waals surface area contributed by atoms with Gasteiger partial charge in [0.15, 0.2) is 0 Å². The van der Waals surface area contributed by atoms with Crippen LogP contribution in [0.3, 0.4) is 0 Å². The third kappa shape index (κ3) is 2.74. The molecule has 0 spiro atoms. The van der Waals surface area contributed by atoms with Crippen molar-refractivity contribution >= 4 is 10.8 Å². The van der Waals surface area contributed by atoms with Crippen LogP contribution >= 0.6 is 0 Å². The second kappa shape index (κ2) is 6.36. The molecule has 0 bridgehead atoms. The van der Waals surface area contributed by atoms with Gasteiger partial charge in [0, 0.05) is 11.6 Å². The molecule has 0 saturated carbocycles. The molecule has 2 heterocycles. The average molecular weight is 326 g/mol. The fourth-order valence-electron chi connectivity index (χ4n) is 3.35. The lowest BCUT2D eigenvalue weighted by atomic mass is 10.00. The van der Waals surface area contributed by atoms with Crippen molar-refractivity contribution < 1.29 is 0 Å². The minimum Gasteiger partial charge on any atom is -0.301 e. The summed E-state index contributed by atoms with van der Waals surface area (Å²) in [5, 5.41) is 1.75. The molecule has 122 valence electrons. The van der Waals surface area contributed by atoms with E-state index in [0.29, 0.717) is 6.54 Å². The maximum atomic E-state index is 13.2. The Morgan fingerprint density at radius 1 is 0.840 bits per heavy atom. The second-order valence-electron chi connectivity index (χ2n) is 6.10. The van der Waals surface area contributed by atoms with Gasteiger partial charge in [0.25, 0.3) is 5.56 Å². The lowest BCUT2D eigenvalue weighted by molar-refractivity contribution is 0.752. The molecule has 0 N–H and O–H groups in total. The van der Waals surface area contributed by atoms with E-state index in [1.807, 2.05) is 77.4 Å². The van der Waals surface area contributed by atoms with E-state index in [2.05, 4.69) is 11.9 Å². The number of pyridine rings is 2. The molecule has 3 nitrogen and oxygen atoms in total. The minimum absolute atomic E-state index is 0.0192. The van der Waals surface area contributed by atoms with Crippen LogP contribution in [0.5, 0.6) is 0 Å². The van der Waals surface area contributed by atoms with Crippen molar-refractivity contribution in [2.24, 2.45) is 0 Å².